The molecular formula is C87H62N4. The fourth-order valence-electron chi connectivity index (χ4n) is 14.9. The van der Waals surface area contributed by atoms with Crippen LogP contribution in [0.4, 0.5) is 34.1 Å². The minimum absolute atomic E-state index is 0.727. The van der Waals surface area contributed by atoms with Crippen LogP contribution < -0.4 is 9.80 Å². The van der Waals surface area contributed by atoms with Gasteiger partial charge in [0, 0.05) is 83.6 Å². The van der Waals surface area contributed by atoms with E-state index >= 15 is 0 Å². The molecule has 2 aromatic heterocycles. The standard InChI is InChI=1S/C87H62N4/c1-56-57(2)85(75-54-62-38-18-19-43-66(62)81(75)80(56)71-48-28-46-69-67-44-20-24-50-76(67)88-83(69)71)91(79-53-27-23-42-65(79)59-32-10-4-11-33-59)87-74(61-36-14-6-15-37-61)55-73(60-34-12-5-13-35-60)86(82(87)72-49-29-47-70-68-45-21-25-51-77(68)89-84(70)72)90(63-39-16-7-17-40-63)78-52-26-22-41-64(78)58-30-8-3-9-31-58/h3-53,55,88-89H,54H2,1-2H3. The van der Waals surface area contributed by atoms with E-state index < -0.39 is 0 Å². The van der Waals surface area contributed by atoms with Crippen LogP contribution in [0.5, 0.6) is 0 Å². The van der Waals surface area contributed by atoms with Gasteiger partial charge in [-0.3, -0.25) is 0 Å². The number of rotatable bonds is 12. The number of benzene rings is 14. The second-order valence-corrected chi connectivity index (χ2v) is 24.0. The number of fused-ring (bicyclic) bond motifs is 9. The summed E-state index contributed by atoms with van der Waals surface area (Å²) in [5.74, 6) is 0. The number of hydrogen-bond donors (Lipinski definition) is 2. The highest BCUT2D eigenvalue weighted by atomic mass is 15.2. The first kappa shape index (κ1) is 53.5. The molecule has 2 heterocycles. The molecule has 1 aliphatic carbocycles. The highest BCUT2D eigenvalue weighted by Crippen LogP contribution is 2.62. The number of nitrogens with one attached hydrogen (secondary N) is 2. The highest BCUT2D eigenvalue weighted by molar-refractivity contribution is 6.20. The predicted molar refractivity (Wildman–Crippen MR) is 385 cm³/mol. The molecule has 4 nitrogen and oxygen atoms in total. The SMILES string of the molecule is Cc1c(C)c(N(c2ccccc2-c2ccccc2)c2c(-c3ccccc3)cc(-c3ccccc3)c(N(c3ccccc3)c3ccccc3-c3ccccc3)c2-c2cccc3c2[nH]c2ccccc23)c2c(c1-c1cccc3c1[nH]c1ccccc13)-c1ccccc1C2. The van der Waals surface area contributed by atoms with Gasteiger partial charge in [-0.2, -0.15) is 0 Å². The van der Waals surface area contributed by atoms with Crippen LogP contribution in [-0.2, 0) is 6.42 Å². The van der Waals surface area contributed by atoms with Crippen molar-refractivity contribution in [3.05, 3.63) is 338 Å². The first-order chi connectivity index (χ1) is 45.1. The molecule has 2 N–H and O–H groups in total. The maximum atomic E-state index is 4.11. The zero-order valence-corrected chi connectivity index (χ0v) is 50.6. The van der Waals surface area contributed by atoms with Crippen LogP contribution in [0.15, 0.2) is 315 Å². The monoisotopic (exact) mass is 1160 g/mol. The molecular weight excluding hydrogens is 1100 g/mol. The van der Waals surface area contributed by atoms with Gasteiger partial charge >= 0.3 is 0 Å². The summed E-state index contributed by atoms with van der Waals surface area (Å²) in [6, 6.07) is 116. The van der Waals surface area contributed by atoms with Crippen molar-refractivity contribution in [1.29, 1.82) is 0 Å². The lowest BCUT2D eigenvalue weighted by Crippen LogP contribution is -2.20. The van der Waals surface area contributed by atoms with Crippen molar-refractivity contribution in [1.82, 2.24) is 9.97 Å². The van der Waals surface area contributed by atoms with Gasteiger partial charge in [-0.15, -0.1) is 0 Å². The second kappa shape index (κ2) is 22.1. The van der Waals surface area contributed by atoms with Crippen LogP contribution in [0.1, 0.15) is 22.3 Å². The summed E-state index contributed by atoms with van der Waals surface area (Å²) in [4.78, 5) is 13.4. The van der Waals surface area contributed by atoms with Crippen LogP contribution in [0.3, 0.4) is 0 Å². The molecule has 0 unspecified atom stereocenters. The quantitative estimate of drug-likeness (QED) is 0.128. The maximum Gasteiger partial charge on any atom is 0.0641 e. The van der Waals surface area contributed by atoms with Gasteiger partial charge in [-0.05, 0) is 118 Å². The number of aromatic nitrogens is 2. The van der Waals surface area contributed by atoms with Crippen molar-refractivity contribution < 1.29 is 0 Å². The highest BCUT2D eigenvalue weighted by Gasteiger charge is 2.38. The third-order valence-corrected chi connectivity index (χ3v) is 19.0. The molecule has 0 fully saturated rings. The Morgan fingerprint density at radius 1 is 0.275 bits per heavy atom. The van der Waals surface area contributed by atoms with Gasteiger partial charge in [0.25, 0.3) is 0 Å². The Kier molecular flexibility index (Phi) is 13.0. The molecule has 0 spiro atoms. The van der Waals surface area contributed by atoms with Crippen molar-refractivity contribution in [3.8, 4) is 77.9 Å². The smallest absolute Gasteiger partial charge is 0.0641 e. The minimum Gasteiger partial charge on any atom is -0.354 e. The molecule has 0 bridgehead atoms. The van der Waals surface area contributed by atoms with Gasteiger partial charge in [0.1, 0.15) is 0 Å². The minimum atomic E-state index is 0.727. The van der Waals surface area contributed by atoms with E-state index in [-0.39, 0.29) is 0 Å². The number of nitrogens with zero attached hydrogens (tertiary/aromatic N) is 2. The molecule has 16 aromatic rings. The van der Waals surface area contributed by atoms with Gasteiger partial charge < -0.3 is 19.8 Å². The number of H-pyrrole nitrogens is 2. The summed E-state index contributed by atoms with van der Waals surface area (Å²) in [5, 5.41) is 4.78. The Labute approximate surface area is 530 Å². The number of hydrogen-bond acceptors (Lipinski definition) is 2. The summed E-state index contributed by atoms with van der Waals surface area (Å²) < 4.78 is 0. The normalized spacial score (nSPS) is 11.8. The fourth-order valence-corrected chi connectivity index (χ4v) is 14.9. The van der Waals surface area contributed by atoms with E-state index in [1.54, 1.807) is 0 Å². The first-order valence-corrected chi connectivity index (χ1v) is 31.6. The Morgan fingerprint density at radius 2 is 0.659 bits per heavy atom. The maximum absolute atomic E-state index is 4.11. The van der Waals surface area contributed by atoms with Crippen molar-refractivity contribution >= 4 is 77.7 Å². The molecule has 1 aliphatic rings. The van der Waals surface area contributed by atoms with Crippen molar-refractivity contribution in [3.63, 3.8) is 0 Å². The van der Waals surface area contributed by atoms with Crippen LogP contribution in [-0.4, -0.2) is 9.97 Å². The lowest BCUT2D eigenvalue weighted by atomic mass is 9.83. The van der Waals surface area contributed by atoms with Gasteiger partial charge in [0.15, 0.2) is 0 Å². The average molecular weight is 1160 g/mol. The molecule has 0 saturated carbocycles. The Morgan fingerprint density at radius 3 is 1.19 bits per heavy atom. The van der Waals surface area contributed by atoms with Gasteiger partial charge in [-0.1, -0.05) is 273 Å². The average Bonchev–Trinajstić information content (AvgIpc) is 1.71. The van der Waals surface area contributed by atoms with Gasteiger partial charge in [0.2, 0.25) is 0 Å². The second-order valence-electron chi connectivity index (χ2n) is 24.0. The largest absolute Gasteiger partial charge is 0.354 e. The molecule has 0 amide bonds. The van der Waals surface area contributed by atoms with E-state index in [1.807, 2.05) is 0 Å². The van der Waals surface area contributed by atoms with Crippen LogP contribution in [0.25, 0.3) is 122 Å². The molecule has 0 radical (unpaired) electrons. The van der Waals surface area contributed by atoms with Crippen molar-refractivity contribution in [2.45, 2.75) is 20.3 Å². The number of aromatic amines is 2. The summed E-state index contributed by atoms with van der Waals surface area (Å²) in [7, 11) is 0. The van der Waals surface area contributed by atoms with Crippen molar-refractivity contribution in [2.24, 2.45) is 0 Å². The van der Waals surface area contributed by atoms with Crippen LogP contribution in [0.2, 0.25) is 0 Å². The summed E-state index contributed by atoms with van der Waals surface area (Å²) in [5.41, 5.74) is 31.8. The van der Waals surface area contributed by atoms with Crippen LogP contribution in [0, 0.1) is 13.8 Å². The predicted octanol–water partition coefficient (Wildman–Crippen LogP) is 24.1. The van der Waals surface area contributed by atoms with E-state index in [1.165, 1.54) is 60.7 Å². The third-order valence-electron chi connectivity index (χ3n) is 19.0. The zero-order valence-electron chi connectivity index (χ0n) is 50.6. The summed E-state index contributed by atoms with van der Waals surface area (Å²) in [6.07, 6.45) is 0.727. The Bertz CT molecular complexity index is 5450. The molecule has 0 atom stereocenters. The molecule has 0 saturated heterocycles. The Hall–Kier alpha value is -11.7. The molecule has 4 heteroatoms. The van der Waals surface area contributed by atoms with Crippen LogP contribution >= 0.6 is 0 Å². The summed E-state index contributed by atoms with van der Waals surface area (Å²) in [6.45, 7) is 4.77. The first-order valence-electron chi connectivity index (χ1n) is 31.6. The van der Waals surface area contributed by atoms with E-state index in [0.717, 1.165) is 124 Å². The zero-order chi connectivity index (χ0) is 60.5. The van der Waals surface area contributed by atoms with E-state index in [0.29, 0.717) is 0 Å². The third kappa shape index (κ3) is 8.82. The molecule has 0 aliphatic heterocycles. The lowest BCUT2D eigenvalue weighted by molar-refractivity contribution is 1.16. The fraction of sp³-hybridized carbons (Fsp3) is 0.0345. The summed E-state index contributed by atoms with van der Waals surface area (Å²) >= 11 is 0. The number of anilines is 6. The topological polar surface area (TPSA) is 38.1 Å². The van der Waals surface area contributed by atoms with Crippen molar-refractivity contribution in [2.75, 3.05) is 9.80 Å². The Balaban J connectivity index is 1.12. The van der Waals surface area contributed by atoms with E-state index in [2.05, 4.69) is 349 Å². The lowest BCUT2D eigenvalue weighted by Gasteiger charge is -2.39. The number of para-hydroxylation sites is 7. The van der Waals surface area contributed by atoms with E-state index in [4.69, 9.17) is 0 Å². The molecule has 430 valence electrons. The molecule has 14 aromatic carbocycles. The van der Waals surface area contributed by atoms with E-state index in [9.17, 15) is 0 Å². The molecule has 91 heavy (non-hydrogen) atoms. The van der Waals surface area contributed by atoms with Gasteiger partial charge in [0.05, 0.1) is 39.5 Å². The molecule has 17 rings (SSSR count). The van der Waals surface area contributed by atoms with Gasteiger partial charge in [-0.25, -0.2) is 0 Å².